The summed E-state index contributed by atoms with van der Waals surface area (Å²) < 4.78 is 5.21. The van der Waals surface area contributed by atoms with Crippen molar-refractivity contribution in [3.63, 3.8) is 0 Å². The fraction of sp³-hybridized carbons (Fsp3) is 0.478. The Bertz CT molecular complexity index is 1150. The van der Waals surface area contributed by atoms with Crippen LogP contribution in [-0.4, -0.2) is 36.6 Å². The van der Waals surface area contributed by atoms with Gasteiger partial charge in [0, 0.05) is 31.3 Å². The fourth-order valence-corrected chi connectivity index (χ4v) is 5.27. The van der Waals surface area contributed by atoms with E-state index in [1.54, 1.807) is 43.3 Å². The number of nitrogens with zero attached hydrogens (tertiary/aromatic N) is 2. The number of para-hydroxylation sites is 1. The molecule has 1 aromatic carbocycles. The highest BCUT2D eigenvalue weighted by atomic mass is 16.7. The number of rotatable bonds is 3. The van der Waals surface area contributed by atoms with Gasteiger partial charge >= 0.3 is 11.6 Å². The summed E-state index contributed by atoms with van der Waals surface area (Å²) in [5.74, 6) is -0.790. The lowest BCUT2D eigenvalue weighted by atomic mass is 9.64. The summed E-state index contributed by atoms with van der Waals surface area (Å²) in [5, 5.41) is 4.80. The molecule has 0 N–H and O–H groups in total. The number of amides is 1. The highest BCUT2D eigenvalue weighted by Gasteiger charge is 2.72. The van der Waals surface area contributed by atoms with Gasteiger partial charge in [-0.2, -0.15) is 0 Å². The second-order valence-corrected chi connectivity index (χ2v) is 9.32. The molecule has 1 heterocycles. The van der Waals surface area contributed by atoms with Gasteiger partial charge in [0.15, 0.2) is 0 Å². The van der Waals surface area contributed by atoms with Gasteiger partial charge in [0.25, 0.3) is 0 Å². The van der Waals surface area contributed by atoms with Crippen molar-refractivity contribution in [2.75, 3.05) is 14.1 Å². The maximum atomic E-state index is 13.1. The molecule has 2 saturated carbocycles. The van der Waals surface area contributed by atoms with E-state index >= 15 is 0 Å². The number of hydrogen-bond acceptors (Lipinski definition) is 6. The maximum Gasteiger partial charge on any atom is 0.373 e. The Morgan fingerprint density at radius 1 is 1.13 bits per heavy atom. The molecule has 2 bridgehead atoms. The van der Waals surface area contributed by atoms with E-state index in [9.17, 15) is 14.4 Å². The molecule has 30 heavy (non-hydrogen) atoms. The standard InChI is InChI=1S/C23H26N2O5/c1-21(2)22(3)10-11-23(21,20(28)25(4)5)13-17(22)24-30-19(27)15-12-14-8-6-7-9-16(14)29-18(15)26/h6-9,12H,10-11,13H2,1-5H3/b24-17-. The summed E-state index contributed by atoms with van der Waals surface area (Å²) in [5.41, 5.74) is -1.16. The molecular formula is C23H26N2O5. The van der Waals surface area contributed by atoms with Gasteiger partial charge in [0.05, 0.1) is 11.1 Å². The van der Waals surface area contributed by atoms with E-state index in [-0.39, 0.29) is 22.3 Å². The van der Waals surface area contributed by atoms with E-state index in [0.717, 1.165) is 12.8 Å². The number of carbonyl (C=O) groups is 2. The van der Waals surface area contributed by atoms with Gasteiger partial charge < -0.3 is 14.2 Å². The molecular weight excluding hydrogens is 384 g/mol. The molecule has 2 aromatic rings. The van der Waals surface area contributed by atoms with Crippen LogP contribution in [-0.2, 0) is 9.63 Å². The van der Waals surface area contributed by atoms with E-state index in [2.05, 4.69) is 25.9 Å². The monoisotopic (exact) mass is 410 g/mol. The van der Waals surface area contributed by atoms with Crippen molar-refractivity contribution in [3.05, 3.63) is 46.3 Å². The molecule has 0 spiro atoms. The van der Waals surface area contributed by atoms with Gasteiger partial charge in [-0.05, 0) is 30.4 Å². The van der Waals surface area contributed by atoms with Crippen LogP contribution in [0, 0.1) is 16.2 Å². The quantitative estimate of drug-likeness (QED) is 0.438. The summed E-state index contributed by atoms with van der Waals surface area (Å²) in [4.78, 5) is 44.7. The first-order valence-corrected chi connectivity index (χ1v) is 10.1. The number of carbonyl (C=O) groups excluding carboxylic acids is 2. The van der Waals surface area contributed by atoms with Crippen molar-refractivity contribution in [1.29, 1.82) is 0 Å². The molecule has 4 rings (SSSR count). The molecule has 1 aromatic heterocycles. The average Bonchev–Trinajstić information content (AvgIpc) is 3.01. The average molecular weight is 410 g/mol. The molecule has 2 unspecified atom stereocenters. The Kier molecular flexibility index (Phi) is 4.42. The minimum Gasteiger partial charge on any atom is -0.422 e. The summed E-state index contributed by atoms with van der Waals surface area (Å²) in [6.45, 7) is 6.25. The molecule has 7 nitrogen and oxygen atoms in total. The van der Waals surface area contributed by atoms with Crippen molar-refractivity contribution in [2.45, 2.75) is 40.0 Å². The number of oxime groups is 1. The molecule has 2 aliphatic rings. The zero-order valence-electron chi connectivity index (χ0n) is 17.9. The van der Waals surface area contributed by atoms with Gasteiger partial charge in [-0.25, -0.2) is 9.59 Å². The van der Waals surface area contributed by atoms with E-state index in [1.807, 2.05) is 0 Å². The van der Waals surface area contributed by atoms with Crippen molar-refractivity contribution >= 4 is 28.6 Å². The second-order valence-electron chi connectivity index (χ2n) is 9.32. The Balaban J connectivity index is 1.65. The van der Waals surface area contributed by atoms with Crippen LogP contribution in [0.3, 0.4) is 0 Å². The van der Waals surface area contributed by atoms with E-state index in [1.165, 1.54) is 6.07 Å². The number of fused-ring (bicyclic) bond motifs is 3. The molecule has 2 aliphatic carbocycles. The summed E-state index contributed by atoms with van der Waals surface area (Å²) >= 11 is 0. The topological polar surface area (TPSA) is 89.2 Å². The first kappa shape index (κ1) is 20.3. The third-order valence-corrected chi connectivity index (χ3v) is 7.65. The summed E-state index contributed by atoms with van der Waals surface area (Å²) in [7, 11) is 3.52. The van der Waals surface area contributed by atoms with Gasteiger partial charge in [-0.3, -0.25) is 4.79 Å². The third kappa shape index (κ3) is 2.57. The molecule has 1 amide bonds. The highest BCUT2D eigenvalue weighted by molar-refractivity contribution is 6.02. The van der Waals surface area contributed by atoms with E-state index in [0.29, 0.717) is 23.1 Å². The summed E-state index contributed by atoms with van der Waals surface area (Å²) in [6.07, 6.45) is 2.00. The van der Waals surface area contributed by atoms with Crippen LogP contribution in [0.4, 0.5) is 0 Å². The normalized spacial score (nSPS) is 28.1. The Morgan fingerprint density at radius 2 is 1.83 bits per heavy atom. The zero-order chi connectivity index (χ0) is 21.9. The molecule has 158 valence electrons. The van der Waals surface area contributed by atoms with Crippen LogP contribution < -0.4 is 5.63 Å². The minimum absolute atomic E-state index is 0.0722. The molecule has 2 atom stereocenters. The SMILES string of the molecule is CN(C)C(=O)C12CCC(C)(/C(=N\OC(=O)c3cc4ccccc4oc3=O)C1)C2(C)C. The second kappa shape index (κ2) is 6.52. The highest BCUT2D eigenvalue weighted by Crippen LogP contribution is 2.71. The number of hydrogen-bond donors (Lipinski definition) is 0. The number of benzene rings is 1. The Morgan fingerprint density at radius 3 is 2.53 bits per heavy atom. The molecule has 0 aliphatic heterocycles. The molecule has 0 radical (unpaired) electrons. The lowest BCUT2D eigenvalue weighted by molar-refractivity contribution is -0.144. The van der Waals surface area contributed by atoms with Crippen LogP contribution in [0.15, 0.2) is 44.7 Å². The predicted octanol–water partition coefficient (Wildman–Crippen LogP) is 3.61. The van der Waals surface area contributed by atoms with Gasteiger partial charge in [0.1, 0.15) is 11.1 Å². The fourth-order valence-electron chi connectivity index (χ4n) is 5.27. The van der Waals surface area contributed by atoms with Gasteiger partial charge in [-0.1, -0.05) is 44.1 Å². The van der Waals surface area contributed by atoms with Crippen LogP contribution in [0.2, 0.25) is 0 Å². The smallest absolute Gasteiger partial charge is 0.373 e. The molecule has 0 saturated heterocycles. The van der Waals surface area contributed by atoms with Crippen LogP contribution >= 0.6 is 0 Å². The third-order valence-electron chi connectivity index (χ3n) is 7.65. The largest absolute Gasteiger partial charge is 0.422 e. The zero-order valence-corrected chi connectivity index (χ0v) is 17.9. The van der Waals surface area contributed by atoms with Crippen molar-refractivity contribution in [3.8, 4) is 0 Å². The first-order chi connectivity index (χ1) is 14.0. The van der Waals surface area contributed by atoms with Crippen molar-refractivity contribution < 1.29 is 18.8 Å². The molecule has 7 heteroatoms. The minimum atomic E-state index is -0.862. The first-order valence-electron chi connectivity index (χ1n) is 10.1. The van der Waals surface area contributed by atoms with Crippen LogP contribution in [0.25, 0.3) is 11.0 Å². The Hall–Kier alpha value is -2.96. The maximum absolute atomic E-state index is 13.1. The Labute approximate surface area is 174 Å². The summed E-state index contributed by atoms with van der Waals surface area (Å²) in [6, 6.07) is 8.39. The lowest BCUT2D eigenvalue weighted by Crippen LogP contribution is -2.46. The van der Waals surface area contributed by atoms with Crippen LogP contribution in [0.1, 0.15) is 50.4 Å². The lowest BCUT2D eigenvalue weighted by Gasteiger charge is -2.40. The van der Waals surface area contributed by atoms with Crippen LogP contribution in [0.5, 0.6) is 0 Å². The van der Waals surface area contributed by atoms with Gasteiger partial charge in [0.2, 0.25) is 5.91 Å². The van der Waals surface area contributed by atoms with E-state index in [4.69, 9.17) is 9.25 Å². The van der Waals surface area contributed by atoms with E-state index < -0.39 is 17.0 Å². The van der Waals surface area contributed by atoms with Crippen molar-refractivity contribution in [2.24, 2.45) is 21.4 Å². The van der Waals surface area contributed by atoms with Gasteiger partial charge in [-0.15, -0.1) is 0 Å². The predicted molar refractivity (Wildman–Crippen MR) is 112 cm³/mol. The van der Waals surface area contributed by atoms with Crippen molar-refractivity contribution in [1.82, 2.24) is 4.90 Å². The molecule has 2 fully saturated rings.